The molecule has 0 saturated heterocycles. The van der Waals surface area contributed by atoms with Gasteiger partial charge in [-0.05, 0) is 0 Å². The van der Waals surface area contributed by atoms with Crippen molar-refractivity contribution < 1.29 is 24.6 Å². The summed E-state index contributed by atoms with van der Waals surface area (Å²) in [5.74, 6) is -2.70. The van der Waals surface area contributed by atoms with E-state index in [9.17, 15) is 14.4 Å². The van der Waals surface area contributed by atoms with E-state index < -0.39 is 30.4 Å². The molecule has 9 nitrogen and oxygen atoms in total. The van der Waals surface area contributed by atoms with Gasteiger partial charge in [-0.1, -0.05) is 0 Å². The molecule has 0 aromatic carbocycles. The standard InChI is InChI=1S/C10H14N4O5/c15-8(16)3-7(9(17)18)14-10(19)12-2-1-6-4-11-5-13-6/h4-5,7H,1-3H2,(H,11,13)(H,15,16)(H,17,18)(H2,12,14,19)/t7-/m1/s1. The largest absolute Gasteiger partial charge is 0.481 e. The van der Waals surface area contributed by atoms with Gasteiger partial charge in [0, 0.05) is 24.9 Å². The second kappa shape index (κ2) is 6.99. The fourth-order valence-electron chi connectivity index (χ4n) is 1.32. The molecule has 1 rings (SSSR count). The van der Waals surface area contributed by atoms with E-state index in [0.717, 1.165) is 5.69 Å². The van der Waals surface area contributed by atoms with E-state index in [-0.39, 0.29) is 6.54 Å². The number of amides is 2. The minimum absolute atomic E-state index is 0.271. The molecule has 1 heterocycles. The third kappa shape index (κ3) is 5.52. The summed E-state index contributed by atoms with van der Waals surface area (Å²) < 4.78 is 0. The second-order valence-electron chi connectivity index (χ2n) is 3.72. The smallest absolute Gasteiger partial charge is 0.326 e. The first-order valence-corrected chi connectivity index (χ1v) is 5.45. The van der Waals surface area contributed by atoms with Crippen LogP contribution in [0.15, 0.2) is 12.5 Å². The molecule has 0 bridgehead atoms. The molecule has 1 atom stereocenters. The normalized spacial score (nSPS) is 11.6. The maximum absolute atomic E-state index is 11.4. The van der Waals surface area contributed by atoms with Gasteiger partial charge < -0.3 is 25.8 Å². The number of aliphatic carboxylic acids is 2. The molecule has 5 N–H and O–H groups in total. The maximum Gasteiger partial charge on any atom is 0.326 e. The Morgan fingerprint density at radius 2 is 2.11 bits per heavy atom. The van der Waals surface area contributed by atoms with Crippen molar-refractivity contribution in [2.24, 2.45) is 0 Å². The Morgan fingerprint density at radius 3 is 2.63 bits per heavy atom. The van der Waals surface area contributed by atoms with E-state index >= 15 is 0 Å². The number of nitrogens with zero attached hydrogens (tertiary/aromatic N) is 1. The highest BCUT2D eigenvalue weighted by atomic mass is 16.4. The average Bonchev–Trinajstić information content (AvgIpc) is 2.80. The number of imidazole rings is 1. The van der Waals surface area contributed by atoms with E-state index in [1.54, 1.807) is 6.20 Å². The van der Waals surface area contributed by atoms with E-state index in [2.05, 4.69) is 20.6 Å². The van der Waals surface area contributed by atoms with Crippen molar-refractivity contribution in [3.05, 3.63) is 18.2 Å². The molecular formula is C10H14N4O5. The Kier molecular flexibility index (Phi) is 5.33. The number of urea groups is 1. The zero-order valence-electron chi connectivity index (χ0n) is 9.92. The minimum atomic E-state index is -1.45. The molecule has 0 spiro atoms. The molecule has 0 fully saturated rings. The van der Waals surface area contributed by atoms with Crippen molar-refractivity contribution in [2.45, 2.75) is 18.9 Å². The third-order valence-corrected chi connectivity index (χ3v) is 2.22. The molecule has 1 aromatic heterocycles. The molecule has 0 aliphatic carbocycles. The number of aromatic nitrogens is 2. The molecular weight excluding hydrogens is 256 g/mol. The molecule has 0 aliphatic heterocycles. The van der Waals surface area contributed by atoms with Crippen LogP contribution in [0.4, 0.5) is 4.79 Å². The maximum atomic E-state index is 11.4. The minimum Gasteiger partial charge on any atom is -0.481 e. The number of rotatable bonds is 7. The highest BCUT2D eigenvalue weighted by Gasteiger charge is 2.22. The summed E-state index contributed by atoms with van der Waals surface area (Å²) >= 11 is 0. The van der Waals surface area contributed by atoms with Gasteiger partial charge in [-0.3, -0.25) is 4.79 Å². The SMILES string of the molecule is O=C(O)C[C@@H](NC(=O)NCCc1cnc[nH]1)C(=O)O. The van der Waals surface area contributed by atoms with Crippen LogP contribution >= 0.6 is 0 Å². The lowest BCUT2D eigenvalue weighted by atomic mass is 10.2. The Labute approximate surface area is 108 Å². The highest BCUT2D eigenvalue weighted by Crippen LogP contribution is 1.93. The summed E-state index contributed by atoms with van der Waals surface area (Å²) in [5.41, 5.74) is 0.820. The number of hydrogen-bond acceptors (Lipinski definition) is 4. The number of carboxylic acid groups (broad SMARTS) is 2. The van der Waals surface area contributed by atoms with Crippen molar-refractivity contribution in [3.63, 3.8) is 0 Å². The van der Waals surface area contributed by atoms with Gasteiger partial charge in [0.25, 0.3) is 0 Å². The molecule has 2 amide bonds. The Bertz CT molecular complexity index is 445. The van der Waals surface area contributed by atoms with Crippen molar-refractivity contribution in [2.75, 3.05) is 6.54 Å². The number of aromatic amines is 1. The van der Waals surface area contributed by atoms with E-state index in [4.69, 9.17) is 10.2 Å². The van der Waals surface area contributed by atoms with Crippen molar-refractivity contribution >= 4 is 18.0 Å². The van der Waals surface area contributed by atoms with Crippen LogP contribution in [0.1, 0.15) is 12.1 Å². The lowest BCUT2D eigenvalue weighted by molar-refractivity contribution is -0.145. The van der Waals surface area contributed by atoms with Crippen LogP contribution in [0, 0.1) is 0 Å². The first-order chi connectivity index (χ1) is 8.99. The molecule has 104 valence electrons. The van der Waals surface area contributed by atoms with Crippen LogP contribution in [0.5, 0.6) is 0 Å². The lowest BCUT2D eigenvalue weighted by Crippen LogP contribution is -2.47. The number of carboxylic acids is 2. The topological polar surface area (TPSA) is 144 Å². The fourth-order valence-corrected chi connectivity index (χ4v) is 1.32. The Balaban J connectivity index is 2.32. The summed E-state index contributed by atoms with van der Waals surface area (Å²) in [6, 6.07) is -2.18. The summed E-state index contributed by atoms with van der Waals surface area (Å²) in [6.07, 6.45) is 2.93. The second-order valence-corrected chi connectivity index (χ2v) is 3.72. The number of nitrogens with one attached hydrogen (secondary N) is 3. The quantitative estimate of drug-likeness (QED) is 0.437. The Morgan fingerprint density at radius 1 is 1.37 bits per heavy atom. The summed E-state index contributed by atoms with van der Waals surface area (Å²) in [6.45, 7) is 0.271. The van der Waals surface area contributed by atoms with Gasteiger partial charge in [0.1, 0.15) is 6.04 Å². The predicted octanol–water partition coefficient (Wildman–Crippen LogP) is -0.821. The third-order valence-electron chi connectivity index (χ3n) is 2.22. The molecule has 0 saturated carbocycles. The van der Waals surface area contributed by atoms with Crippen LogP contribution in [-0.4, -0.2) is 50.7 Å². The van der Waals surface area contributed by atoms with Crippen molar-refractivity contribution in [1.29, 1.82) is 0 Å². The van der Waals surface area contributed by atoms with Crippen LogP contribution < -0.4 is 10.6 Å². The summed E-state index contributed by atoms with van der Waals surface area (Å²) in [4.78, 5) is 39.1. The monoisotopic (exact) mass is 270 g/mol. The fraction of sp³-hybridized carbons (Fsp3) is 0.400. The highest BCUT2D eigenvalue weighted by molar-refractivity contribution is 5.86. The molecule has 9 heteroatoms. The van der Waals surface area contributed by atoms with E-state index in [0.29, 0.717) is 6.42 Å². The molecule has 1 aromatic rings. The number of H-pyrrole nitrogens is 1. The molecule has 0 unspecified atom stereocenters. The first-order valence-electron chi connectivity index (χ1n) is 5.45. The molecule has 19 heavy (non-hydrogen) atoms. The van der Waals surface area contributed by atoms with Gasteiger partial charge in [-0.15, -0.1) is 0 Å². The van der Waals surface area contributed by atoms with Gasteiger partial charge in [0.15, 0.2) is 0 Å². The Hall–Kier alpha value is -2.58. The van der Waals surface area contributed by atoms with Gasteiger partial charge in [-0.2, -0.15) is 0 Å². The van der Waals surface area contributed by atoms with Gasteiger partial charge in [0.2, 0.25) is 0 Å². The zero-order valence-corrected chi connectivity index (χ0v) is 9.92. The van der Waals surface area contributed by atoms with Crippen LogP contribution in [0.2, 0.25) is 0 Å². The number of carbonyl (C=O) groups is 3. The first kappa shape index (κ1) is 14.5. The average molecular weight is 270 g/mol. The molecule has 0 radical (unpaired) electrons. The number of carbonyl (C=O) groups excluding carboxylic acids is 1. The predicted molar refractivity (Wildman–Crippen MR) is 62.5 cm³/mol. The zero-order chi connectivity index (χ0) is 14.3. The van der Waals surface area contributed by atoms with Crippen molar-refractivity contribution in [3.8, 4) is 0 Å². The van der Waals surface area contributed by atoms with E-state index in [1.807, 2.05) is 0 Å². The van der Waals surface area contributed by atoms with Crippen LogP contribution in [-0.2, 0) is 16.0 Å². The van der Waals surface area contributed by atoms with Gasteiger partial charge >= 0.3 is 18.0 Å². The lowest BCUT2D eigenvalue weighted by Gasteiger charge is -2.12. The van der Waals surface area contributed by atoms with Gasteiger partial charge in [0.05, 0.1) is 12.7 Å². The summed E-state index contributed by atoms with van der Waals surface area (Å²) in [7, 11) is 0. The number of hydrogen-bond donors (Lipinski definition) is 5. The van der Waals surface area contributed by atoms with E-state index in [1.165, 1.54) is 6.33 Å². The molecule has 0 aliphatic rings. The van der Waals surface area contributed by atoms with Crippen LogP contribution in [0.25, 0.3) is 0 Å². The van der Waals surface area contributed by atoms with Gasteiger partial charge in [-0.25, -0.2) is 14.6 Å². The van der Waals surface area contributed by atoms with Crippen molar-refractivity contribution in [1.82, 2.24) is 20.6 Å². The van der Waals surface area contributed by atoms with Crippen LogP contribution in [0.3, 0.4) is 0 Å². The summed E-state index contributed by atoms with van der Waals surface area (Å²) in [5, 5.41) is 21.7.